The topological polar surface area (TPSA) is 74.7 Å². The molecular weight excluding hydrogens is 430 g/mol. The molecule has 1 aromatic heterocycles. The maximum atomic E-state index is 6.11. The van der Waals surface area contributed by atoms with E-state index in [0.717, 1.165) is 44.6 Å². The van der Waals surface area contributed by atoms with Gasteiger partial charge in [0, 0.05) is 22.4 Å². The van der Waals surface area contributed by atoms with Crippen LogP contribution in [0.5, 0.6) is 0 Å². The second kappa shape index (κ2) is 8.26. The molecule has 0 fully saturated rings. The second-order valence-corrected chi connectivity index (χ2v) is 8.92. The first-order valence-corrected chi connectivity index (χ1v) is 11.8. The molecule has 1 unspecified atom stereocenters. The maximum absolute atomic E-state index is 6.11. The third kappa shape index (κ3) is 3.81. The molecule has 0 saturated heterocycles. The van der Waals surface area contributed by atoms with Crippen LogP contribution in [0.25, 0.3) is 22.5 Å². The van der Waals surface area contributed by atoms with Crippen molar-refractivity contribution < 1.29 is 4.74 Å². The molecule has 33 heavy (non-hydrogen) atoms. The zero-order valence-electron chi connectivity index (χ0n) is 17.9. The van der Waals surface area contributed by atoms with E-state index in [9.17, 15) is 0 Å². The summed E-state index contributed by atoms with van der Waals surface area (Å²) in [5.41, 5.74) is 8.20. The van der Waals surface area contributed by atoms with Gasteiger partial charge in [0.15, 0.2) is 5.16 Å². The monoisotopic (exact) mass is 451 g/mol. The number of anilines is 1. The van der Waals surface area contributed by atoms with Crippen LogP contribution < -0.4 is 5.32 Å². The summed E-state index contributed by atoms with van der Waals surface area (Å²) in [5.74, 6) is 1.10. The van der Waals surface area contributed by atoms with E-state index in [1.165, 1.54) is 5.56 Å². The Bertz CT molecular complexity index is 1320. The largest absolute Gasteiger partial charge is 0.449 e. The smallest absolute Gasteiger partial charge is 0.221 e. The molecule has 3 heterocycles. The predicted octanol–water partition coefficient (Wildman–Crippen LogP) is 5.73. The van der Waals surface area contributed by atoms with Gasteiger partial charge in [0.2, 0.25) is 12.1 Å². The SMILES string of the molecule is Cc1ccc2c(c1)C1=NN=C(CSc3nc(-c4ccccc4)c(-c4ccccc4)[nH]3)OC1N2. The fraction of sp³-hybridized carbons (Fsp3) is 0.115. The summed E-state index contributed by atoms with van der Waals surface area (Å²) in [5, 5.41) is 13.0. The van der Waals surface area contributed by atoms with E-state index >= 15 is 0 Å². The van der Waals surface area contributed by atoms with E-state index < -0.39 is 0 Å². The van der Waals surface area contributed by atoms with Crippen LogP contribution in [0.1, 0.15) is 11.1 Å². The highest BCUT2D eigenvalue weighted by atomic mass is 32.2. The maximum Gasteiger partial charge on any atom is 0.221 e. The lowest BCUT2D eigenvalue weighted by molar-refractivity contribution is 0.276. The molecule has 0 amide bonds. The van der Waals surface area contributed by atoms with Crippen LogP contribution in [-0.2, 0) is 4.74 Å². The first kappa shape index (κ1) is 19.8. The molecule has 2 aliphatic rings. The second-order valence-electron chi connectivity index (χ2n) is 7.96. The molecule has 2 N–H and O–H groups in total. The standard InChI is InChI=1S/C26H21N5OS/c1-16-12-13-20-19(14-16)24-25(27-20)32-21(30-31-24)15-33-26-28-22(17-8-4-2-5-9-17)23(29-26)18-10-6-3-7-11-18/h2-14,25,27H,15H2,1H3,(H,28,29). The third-order valence-electron chi connectivity index (χ3n) is 5.63. The average molecular weight is 452 g/mol. The van der Waals surface area contributed by atoms with Crippen molar-refractivity contribution in [1.82, 2.24) is 9.97 Å². The van der Waals surface area contributed by atoms with Crippen molar-refractivity contribution in [3.63, 3.8) is 0 Å². The van der Waals surface area contributed by atoms with Crippen molar-refractivity contribution in [2.24, 2.45) is 10.2 Å². The lowest BCUT2D eigenvalue weighted by Crippen LogP contribution is -2.32. The highest BCUT2D eigenvalue weighted by Gasteiger charge is 2.33. The van der Waals surface area contributed by atoms with Crippen molar-refractivity contribution in [1.29, 1.82) is 0 Å². The minimum absolute atomic E-state index is 0.300. The molecule has 1 atom stereocenters. The molecule has 0 radical (unpaired) electrons. The number of nitrogens with one attached hydrogen (secondary N) is 2. The van der Waals surface area contributed by atoms with E-state index in [1.54, 1.807) is 11.8 Å². The molecule has 7 heteroatoms. The van der Waals surface area contributed by atoms with Crippen LogP contribution in [0.2, 0.25) is 0 Å². The number of rotatable bonds is 5. The van der Waals surface area contributed by atoms with Gasteiger partial charge in [-0.25, -0.2) is 4.98 Å². The Kier molecular flexibility index (Phi) is 4.96. The van der Waals surface area contributed by atoms with E-state index in [0.29, 0.717) is 11.7 Å². The van der Waals surface area contributed by atoms with Gasteiger partial charge in [-0.2, -0.15) is 0 Å². The lowest BCUT2D eigenvalue weighted by Gasteiger charge is -2.18. The van der Waals surface area contributed by atoms with Crippen molar-refractivity contribution in [3.8, 4) is 22.5 Å². The Hall–Kier alpha value is -3.84. The van der Waals surface area contributed by atoms with Gasteiger partial charge in [-0.05, 0) is 19.1 Å². The molecular formula is C26H21N5OS. The Labute approximate surface area is 195 Å². The average Bonchev–Trinajstić information content (AvgIpc) is 3.45. The van der Waals surface area contributed by atoms with Crippen LogP contribution in [-0.4, -0.2) is 33.6 Å². The molecule has 6 rings (SSSR count). The third-order valence-corrected chi connectivity index (χ3v) is 6.49. The molecule has 162 valence electrons. The number of hydrogen-bond donors (Lipinski definition) is 2. The minimum atomic E-state index is -0.300. The molecule has 0 spiro atoms. The summed E-state index contributed by atoms with van der Waals surface area (Å²) in [6, 6.07) is 26.7. The van der Waals surface area contributed by atoms with Crippen molar-refractivity contribution in [2.45, 2.75) is 18.3 Å². The zero-order chi connectivity index (χ0) is 22.2. The zero-order valence-corrected chi connectivity index (χ0v) is 18.8. The van der Waals surface area contributed by atoms with Crippen molar-refractivity contribution >= 4 is 29.1 Å². The van der Waals surface area contributed by atoms with Gasteiger partial charge in [-0.3, -0.25) is 0 Å². The number of H-pyrrole nitrogens is 1. The number of ether oxygens (including phenoxy) is 1. The van der Waals surface area contributed by atoms with Crippen LogP contribution in [0.3, 0.4) is 0 Å². The number of nitrogens with zero attached hydrogens (tertiary/aromatic N) is 3. The van der Waals surface area contributed by atoms with Crippen molar-refractivity contribution in [3.05, 3.63) is 90.0 Å². The molecule has 2 aliphatic heterocycles. The minimum Gasteiger partial charge on any atom is -0.449 e. The normalized spacial score (nSPS) is 16.2. The van der Waals surface area contributed by atoms with Crippen LogP contribution >= 0.6 is 11.8 Å². The summed E-state index contributed by atoms with van der Waals surface area (Å²) in [4.78, 5) is 8.39. The van der Waals surface area contributed by atoms with E-state index in [-0.39, 0.29) is 6.23 Å². The molecule has 0 saturated carbocycles. The fourth-order valence-corrected chi connectivity index (χ4v) is 4.76. The van der Waals surface area contributed by atoms with Crippen LogP contribution in [0.15, 0.2) is 94.2 Å². The summed E-state index contributed by atoms with van der Waals surface area (Å²) >= 11 is 1.55. The highest BCUT2D eigenvalue weighted by Crippen LogP contribution is 2.34. The van der Waals surface area contributed by atoms with E-state index in [4.69, 9.17) is 9.72 Å². The summed E-state index contributed by atoms with van der Waals surface area (Å²) in [7, 11) is 0. The number of fused-ring (bicyclic) bond motifs is 3. The number of benzene rings is 3. The van der Waals surface area contributed by atoms with Gasteiger partial charge < -0.3 is 15.0 Å². The molecule has 0 bridgehead atoms. The van der Waals surface area contributed by atoms with Crippen LogP contribution in [0, 0.1) is 6.92 Å². The van der Waals surface area contributed by atoms with Gasteiger partial charge in [0.1, 0.15) is 5.71 Å². The molecule has 4 aromatic rings. The van der Waals surface area contributed by atoms with Gasteiger partial charge in [0.25, 0.3) is 0 Å². The van der Waals surface area contributed by atoms with Gasteiger partial charge in [-0.1, -0.05) is 84.1 Å². The predicted molar refractivity (Wildman–Crippen MR) is 134 cm³/mol. The van der Waals surface area contributed by atoms with Crippen molar-refractivity contribution in [2.75, 3.05) is 11.1 Å². The summed E-state index contributed by atoms with van der Waals surface area (Å²) < 4.78 is 6.11. The van der Waals surface area contributed by atoms with E-state index in [1.807, 2.05) is 36.4 Å². The van der Waals surface area contributed by atoms with Crippen LogP contribution in [0.4, 0.5) is 5.69 Å². The Morgan fingerprint density at radius 2 is 1.67 bits per heavy atom. The number of aryl methyl sites for hydroxylation is 1. The number of thioether (sulfide) groups is 1. The number of aromatic amines is 1. The first-order chi connectivity index (χ1) is 16.2. The molecule has 3 aromatic carbocycles. The molecule has 0 aliphatic carbocycles. The fourth-order valence-electron chi connectivity index (χ4n) is 4.04. The number of imidazole rings is 1. The quantitative estimate of drug-likeness (QED) is 0.380. The number of aromatic nitrogens is 2. The van der Waals surface area contributed by atoms with Gasteiger partial charge in [0.05, 0.1) is 17.1 Å². The Morgan fingerprint density at radius 3 is 2.45 bits per heavy atom. The lowest BCUT2D eigenvalue weighted by atomic mass is 10.1. The Balaban J connectivity index is 1.24. The van der Waals surface area contributed by atoms with Gasteiger partial charge >= 0.3 is 0 Å². The summed E-state index contributed by atoms with van der Waals surface area (Å²) in [6.07, 6.45) is -0.300. The first-order valence-electron chi connectivity index (χ1n) is 10.8. The molecule has 6 nitrogen and oxygen atoms in total. The van der Waals surface area contributed by atoms with E-state index in [2.05, 4.69) is 69.9 Å². The van der Waals surface area contributed by atoms with Gasteiger partial charge in [-0.15, -0.1) is 10.2 Å². The Morgan fingerprint density at radius 1 is 0.909 bits per heavy atom. The highest BCUT2D eigenvalue weighted by molar-refractivity contribution is 7.99. The number of hydrogen-bond acceptors (Lipinski definition) is 6. The summed E-state index contributed by atoms with van der Waals surface area (Å²) in [6.45, 7) is 2.07.